The molecule has 0 aromatic carbocycles. The third-order valence-corrected chi connectivity index (χ3v) is 1.66. The number of carbonyl (C=O) groups is 2. The van der Waals surface area contributed by atoms with Crippen molar-refractivity contribution in [2.75, 3.05) is 6.61 Å². The van der Waals surface area contributed by atoms with Crippen molar-refractivity contribution >= 4 is 11.9 Å². The molecule has 0 aromatic heterocycles. The van der Waals surface area contributed by atoms with Crippen LogP contribution >= 0.6 is 0 Å². The third kappa shape index (κ3) is 3.33. The lowest BCUT2D eigenvalue weighted by atomic mass is 10.1. The van der Waals surface area contributed by atoms with Crippen LogP contribution in [0.4, 0.5) is 0 Å². The Morgan fingerprint density at radius 2 is 2.29 bits per heavy atom. The van der Waals surface area contributed by atoms with Crippen molar-refractivity contribution in [2.45, 2.75) is 32.8 Å². The summed E-state index contributed by atoms with van der Waals surface area (Å²) in [4.78, 5) is 27.0. The van der Waals surface area contributed by atoms with Gasteiger partial charge in [0, 0.05) is 0 Å². The maximum absolute atomic E-state index is 11.3. The molecule has 0 bridgehead atoms. The van der Waals surface area contributed by atoms with E-state index in [1.165, 1.54) is 0 Å². The molecule has 0 saturated carbocycles. The topological polar surface area (TPSA) is 64.6 Å². The number of hydrogen-bond donors (Lipinski definition) is 1. The van der Waals surface area contributed by atoms with Crippen molar-refractivity contribution in [3.63, 3.8) is 0 Å². The molecule has 0 aliphatic carbocycles. The second kappa shape index (κ2) is 3.96. The Morgan fingerprint density at radius 1 is 1.64 bits per heavy atom. The van der Waals surface area contributed by atoms with Gasteiger partial charge in [-0.15, -0.1) is 0 Å². The number of esters is 1. The molecule has 5 heteroatoms. The van der Waals surface area contributed by atoms with Crippen molar-refractivity contribution < 1.29 is 19.2 Å². The van der Waals surface area contributed by atoms with Gasteiger partial charge in [-0.3, -0.25) is 14.4 Å². The molecule has 1 amide bonds. The quantitative estimate of drug-likeness (QED) is 0.656. The van der Waals surface area contributed by atoms with Crippen LogP contribution in [0.5, 0.6) is 0 Å². The van der Waals surface area contributed by atoms with Gasteiger partial charge >= 0.3 is 5.97 Å². The lowest BCUT2D eigenvalue weighted by molar-refractivity contribution is -0.156. The van der Waals surface area contributed by atoms with Crippen molar-refractivity contribution in [3.05, 3.63) is 0 Å². The number of ether oxygens (including phenoxy) is 1. The van der Waals surface area contributed by atoms with Crippen molar-refractivity contribution in [3.8, 4) is 0 Å². The van der Waals surface area contributed by atoms with Gasteiger partial charge < -0.3 is 4.74 Å². The van der Waals surface area contributed by atoms with Crippen LogP contribution in [0.25, 0.3) is 0 Å². The van der Waals surface area contributed by atoms with E-state index in [-0.39, 0.29) is 24.9 Å². The standard InChI is InChI=1S/C9H15NO4/c1-9(2,3)14-7(11)4-6-5-13-10-8(6)12/h6H,4-5H2,1-3H3,(H,10,12). The van der Waals surface area contributed by atoms with Gasteiger partial charge in [-0.2, -0.15) is 0 Å². The summed E-state index contributed by atoms with van der Waals surface area (Å²) >= 11 is 0. The fourth-order valence-electron chi connectivity index (χ4n) is 1.11. The molecule has 80 valence electrons. The molecule has 0 spiro atoms. The Kier molecular flexibility index (Phi) is 3.10. The first-order chi connectivity index (χ1) is 6.38. The van der Waals surface area contributed by atoms with E-state index in [4.69, 9.17) is 9.57 Å². The lowest BCUT2D eigenvalue weighted by Gasteiger charge is -2.19. The first-order valence-corrected chi connectivity index (χ1v) is 4.52. The zero-order valence-corrected chi connectivity index (χ0v) is 8.62. The van der Waals surface area contributed by atoms with Gasteiger partial charge in [0.2, 0.25) is 5.91 Å². The summed E-state index contributed by atoms with van der Waals surface area (Å²) in [5, 5.41) is 0. The van der Waals surface area contributed by atoms with Crippen LogP contribution in [-0.4, -0.2) is 24.1 Å². The molecule has 14 heavy (non-hydrogen) atoms. The van der Waals surface area contributed by atoms with Gasteiger partial charge in [-0.1, -0.05) is 0 Å². The highest BCUT2D eigenvalue weighted by Crippen LogP contribution is 2.14. The number of carbonyl (C=O) groups excluding carboxylic acids is 2. The highest BCUT2D eigenvalue weighted by Gasteiger charge is 2.29. The molecule has 1 rings (SSSR count). The van der Waals surface area contributed by atoms with E-state index >= 15 is 0 Å². The highest BCUT2D eigenvalue weighted by atomic mass is 16.7. The summed E-state index contributed by atoms with van der Waals surface area (Å²) in [6, 6.07) is 0. The van der Waals surface area contributed by atoms with E-state index in [0.717, 1.165) is 0 Å². The molecule has 1 N–H and O–H groups in total. The molecule has 5 nitrogen and oxygen atoms in total. The molecule has 1 aliphatic heterocycles. The minimum absolute atomic E-state index is 0.0725. The predicted molar refractivity (Wildman–Crippen MR) is 48.0 cm³/mol. The van der Waals surface area contributed by atoms with Gasteiger partial charge in [-0.05, 0) is 20.8 Å². The molecular formula is C9H15NO4. The fraction of sp³-hybridized carbons (Fsp3) is 0.778. The van der Waals surface area contributed by atoms with Crippen LogP contribution in [0.2, 0.25) is 0 Å². The number of nitrogens with one attached hydrogen (secondary N) is 1. The maximum Gasteiger partial charge on any atom is 0.307 e. The van der Waals surface area contributed by atoms with Gasteiger partial charge in [0.05, 0.1) is 18.9 Å². The Hall–Kier alpha value is -1.10. The number of hydroxylamine groups is 1. The van der Waals surface area contributed by atoms with Crippen LogP contribution in [0.3, 0.4) is 0 Å². The highest BCUT2D eigenvalue weighted by molar-refractivity contribution is 5.84. The Bertz CT molecular complexity index is 244. The molecule has 1 unspecified atom stereocenters. The number of amides is 1. The van der Waals surface area contributed by atoms with Crippen LogP contribution < -0.4 is 5.48 Å². The van der Waals surface area contributed by atoms with E-state index < -0.39 is 11.5 Å². The van der Waals surface area contributed by atoms with Crippen LogP contribution in [-0.2, 0) is 19.2 Å². The molecule has 1 fully saturated rings. The van der Waals surface area contributed by atoms with E-state index in [9.17, 15) is 9.59 Å². The molecular weight excluding hydrogens is 186 g/mol. The molecule has 0 aromatic rings. The lowest BCUT2D eigenvalue weighted by Crippen LogP contribution is -2.27. The first-order valence-electron chi connectivity index (χ1n) is 4.52. The van der Waals surface area contributed by atoms with Gasteiger partial charge in [0.15, 0.2) is 0 Å². The average molecular weight is 201 g/mol. The summed E-state index contributed by atoms with van der Waals surface area (Å²) in [6.07, 6.45) is 0.0725. The Balaban J connectivity index is 2.37. The third-order valence-electron chi connectivity index (χ3n) is 1.66. The van der Waals surface area contributed by atoms with E-state index in [0.29, 0.717) is 0 Å². The van der Waals surface area contributed by atoms with Gasteiger partial charge in [-0.25, -0.2) is 5.48 Å². The fourth-order valence-corrected chi connectivity index (χ4v) is 1.11. The van der Waals surface area contributed by atoms with Crippen LogP contribution in [0, 0.1) is 5.92 Å². The monoisotopic (exact) mass is 201 g/mol. The number of rotatable bonds is 2. The molecule has 1 aliphatic rings. The smallest absolute Gasteiger partial charge is 0.307 e. The van der Waals surface area contributed by atoms with E-state index in [1.54, 1.807) is 20.8 Å². The predicted octanol–water partition coefficient (Wildman–Crippen LogP) is 0.396. The van der Waals surface area contributed by atoms with Crippen molar-refractivity contribution in [1.29, 1.82) is 0 Å². The van der Waals surface area contributed by atoms with Gasteiger partial charge in [0.1, 0.15) is 5.60 Å². The van der Waals surface area contributed by atoms with Crippen molar-refractivity contribution in [1.82, 2.24) is 5.48 Å². The normalized spacial score (nSPS) is 21.9. The maximum atomic E-state index is 11.3. The van der Waals surface area contributed by atoms with Crippen molar-refractivity contribution in [2.24, 2.45) is 5.92 Å². The summed E-state index contributed by atoms with van der Waals surface area (Å²) in [6.45, 7) is 5.60. The average Bonchev–Trinajstić information content (AvgIpc) is 2.32. The zero-order chi connectivity index (χ0) is 10.8. The molecule has 1 atom stereocenters. The van der Waals surface area contributed by atoms with Crippen LogP contribution in [0.15, 0.2) is 0 Å². The SMILES string of the molecule is CC(C)(C)OC(=O)CC1CONC1=O. The first kappa shape index (κ1) is 11.0. The molecule has 0 radical (unpaired) electrons. The van der Waals surface area contributed by atoms with E-state index in [1.807, 2.05) is 0 Å². The van der Waals surface area contributed by atoms with E-state index in [2.05, 4.69) is 5.48 Å². The zero-order valence-electron chi connectivity index (χ0n) is 8.62. The summed E-state index contributed by atoms with van der Waals surface area (Å²) < 4.78 is 5.07. The van der Waals surface area contributed by atoms with Gasteiger partial charge in [0.25, 0.3) is 0 Å². The number of hydrogen-bond acceptors (Lipinski definition) is 4. The summed E-state index contributed by atoms with van der Waals surface area (Å²) in [5.41, 5.74) is 1.68. The minimum Gasteiger partial charge on any atom is -0.460 e. The second-order valence-electron chi connectivity index (χ2n) is 4.26. The second-order valence-corrected chi connectivity index (χ2v) is 4.26. The Labute approximate surface area is 82.7 Å². The van der Waals surface area contributed by atoms with Crippen LogP contribution in [0.1, 0.15) is 27.2 Å². The summed E-state index contributed by atoms with van der Waals surface area (Å²) in [7, 11) is 0. The molecule has 1 heterocycles. The Morgan fingerprint density at radius 3 is 2.71 bits per heavy atom. The summed E-state index contributed by atoms with van der Waals surface area (Å²) in [5.74, 6) is -1.04. The largest absolute Gasteiger partial charge is 0.460 e. The minimum atomic E-state index is -0.507. The molecule has 1 saturated heterocycles.